The molecule has 3 unspecified atom stereocenters. The fraction of sp³-hybridized carbons (Fsp3) is 0.111. The van der Waals surface area contributed by atoms with E-state index in [1.165, 1.54) is 50.1 Å². The highest BCUT2D eigenvalue weighted by molar-refractivity contribution is 6.69. The summed E-state index contributed by atoms with van der Waals surface area (Å²) >= 11 is 0. The van der Waals surface area contributed by atoms with Gasteiger partial charge < -0.3 is 5.32 Å². The van der Waals surface area contributed by atoms with Crippen molar-refractivity contribution in [3.8, 4) is 22.3 Å². The van der Waals surface area contributed by atoms with E-state index in [0.717, 1.165) is 24.2 Å². The summed E-state index contributed by atoms with van der Waals surface area (Å²) in [4.78, 5) is 0. The topological polar surface area (TPSA) is 18.0 Å². The van der Waals surface area contributed by atoms with Gasteiger partial charge >= 0.3 is 0 Å². The van der Waals surface area contributed by atoms with Gasteiger partial charge in [-0.25, -0.2) is 0 Å². The first-order valence-electron chi connectivity index (χ1n) is 17.4. The molecule has 0 aromatic heterocycles. The Morgan fingerprint density at radius 2 is 1.55 bits per heavy atom. The Morgan fingerprint density at radius 3 is 2.43 bits per heavy atom. The normalized spacial score (nSPS) is 21.7. The van der Waals surface area contributed by atoms with Gasteiger partial charge in [-0.15, -0.1) is 0 Å². The minimum absolute atomic E-state index is 0.286. The van der Waals surface area contributed by atoms with Crippen LogP contribution in [-0.2, 0) is 0 Å². The van der Waals surface area contributed by atoms with Crippen LogP contribution >= 0.6 is 0 Å². The summed E-state index contributed by atoms with van der Waals surface area (Å²) in [7, 11) is 1.75. The third-order valence-corrected chi connectivity index (χ3v) is 12.4. The van der Waals surface area contributed by atoms with Crippen molar-refractivity contribution in [1.82, 2.24) is 10.0 Å². The predicted molar refractivity (Wildman–Crippen MR) is 208 cm³/mol. The molecule has 2 aliphatic heterocycles. The molecular formula is C45H39N3Si. The van der Waals surface area contributed by atoms with Crippen LogP contribution in [0, 0.1) is 0 Å². The number of hydrazine groups is 1. The number of para-hydroxylation sites is 1. The molecule has 0 spiro atoms. The Labute approximate surface area is 291 Å². The Morgan fingerprint density at radius 1 is 0.735 bits per heavy atom. The van der Waals surface area contributed by atoms with Crippen LogP contribution in [-0.4, -0.2) is 26.6 Å². The minimum atomic E-state index is -0.398. The van der Waals surface area contributed by atoms with Crippen molar-refractivity contribution < 1.29 is 0 Å². The van der Waals surface area contributed by atoms with Crippen LogP contribution in [0.25, 0.3) is 27.8 Å². The van der Waals surface area contributed by atoms with Crippen LogP contribution in [0.2, 0.25) is 0 Å². The molecule has 2 heterocycles. The molecule has 49 heavy (non-hydrogen) atoms. The lowest BCUT2D eigenvalue weighted by molar-refractivity contribution is 0.445. The van der Waals surface area contributed by atoms with Gasteiger partial charge in [-0.05, 0) is 81.6 Å². The molecule has 5 aromatic carbocycles. The van der Waals surface area contributed by atoms with Crippen LogP contribution in [0.1, 0.15) is 41.6 Å². The minimum Gasteiger partial charge on any atom is -0.355 e. The van der Waals surface area contributed by atoms with Crippen molar-refractivity contribution in [3.05, 3.63) is 191 Å². The average molecular weight is 650 g/mol. The van der Waals surface area contributed by atoms with Gasteiger partial charge in [-0.3, -0.25) is 5.01 Å². The summed E-state index contributed by atoms with van der Waals surface area (Å²) in [6.45, 7) is 0. The summed E-state index contributed by atoms with van der Waals surface area (Å²) in [5.41, 5.74) is 14.1. The Balaban J connectivity index is 0.923. The van der Waals surface area contributed by atoms with Crippen LogP contribution in [0.4, 0.5) is 11.4 Å². The number of nitrogens with one attached hydrogen (secondary N) is 1. The lowest BCUT2D eigenvalue weighted by Crippen LogP contribution is -2.11. The summed E-state index contributed by atoms with van der Waals surface area (Å²) < 4.78 is 0. The lowest BCUT2D eigenvalue weighted by Gasteiger charge is -2.20. The quantitative estimate of drug-likeness (QED) is 0.140. The van der Waals surface area contributed by atoms with Crippen molar-refractivity contribution in [3.63, 3.8) is 0 Å². The van der Waals surface area contributed by atoms with E-state index in [-0.39, 0.29) is 6.17 Å². The molecule has 4 heteroatoms. The first-order chi connectivity index (χ1) is 24.2. The monoisotopic (exact) mass is 649 g/mol. The molecule has 1 N–H and O–H groups in total. The number of fused-ring (bicyclic) bond motifs is 3. The second-order valence-electron chi connectivity index (χ2n) is 13.5. The van der Waals surface area contributed by atoms with Crippen molar-refractivity contribution in [2.24, 2.45) is 0 Å². The fourth-order valence-electron chi connectivity index (χ4n) is 7.75. The molecule has 3 nitrogen and oxygen atoms in total. The molecule has 3 atom stereocenters. The zero-order valence-electron chi connectivity index (χ0n) is 27.8. The highest BCUT2D eigenvalue weighted by atomic mass is 28.2. The van der Waals surface area contributed by atoms with E-state index in [2.05, 4.69) is 186 Å². The Bertz CT molecular complexity index is 2220. The third kappa shape index (κ3) is 5.84. The molecule has 0 amide bonds. The maximum Gasteiger partial charge on any atom is 0.139 e. The average Bonchev–Trinajstić information content (AvgIpc) is 3.63. The van der Waals surface area contributed by atoms with Crippen LogP contribution in [0.3, 0.4) is 0 Å². The highest BCUT2D eigenvalue weighted by Crippen LogP contribution is 2.42. The lowest BCUT2D eigenvalue weighted by atomic mass is 9.88. The number of anilines is 2. The van der Waals surface area contributed by atoms with Crippen LogP contribution < -0.4 is 10.5 Å². The number of benzene rings is 5. The number of nitrogens with zero attached hydrogens (tertiary/aromatic N) is 2. The molecule has 5 aromatic rings. The van der Waals surface area contributed by atoms with E-state index < -0.39 is 9.52 Å². The van der Waals surface area contributed by atoms with E-state index in [9.17, 15) is 0 Å². The van der Waals surface area contributed by atoms with Crippen LogP contribution in [0.5, 0.6) is 0 Å². The Kier molecular flexibility index (Phi) is 7.61. The fourth-order valence-corrected chi connectivity index (χ4v) is 9.84. The van der Waals surface area contributed by atoms with Gasteiger partial charge in [0, 0.05) is 36.1 Å². The molecule has 0 saturated carbocycles. The molecule has 0 radical (unpaired) electrons. The van der Waals surface area contributed by atoms with Gasteiger partial charge in [0.15, 0.2) is 0 Å². The van der Waals surface area contributed by atoms with Gasteiger partial charge in [-0.1, -0.05) is 144 Å². The first kappa shape index (κ1) is 29.7. The SMILES string of the molecule is CN1C(c2ccc(-c3cccc(-c4ccccc4Nc4cccc(C5C=C6[SiH2]c7ccccc7C6=CC5)c4)c3)cc2)N1/C=C1/C=CC=CC1. The molecule has 0 bridgehead atoms. The standard InChI is InChI=1S/C45H39N3Si/c1-47-45(48(47)30-31-11-3-2-4-12-31)33-23-21-32(22-24-33)34-13-9-15-37(27-34)39-17-5-7-19-42(39)46-38-16-10-14-35(28-38)36-25-26-41-40-18-6-8-20-43(40)49-44(41)29-36/h2-11,13-24,26-30,36,45-46H,12,25,49H2,1H3/b31-30-. The largest absolute Gasteiger partial charge is 0.355 e. The van der Waals surface area contributed by atoms with Crippen molar-refractivity contribution in [2.45, 2.75) is 24.9 Å². The summed E-state index contributed by atoms with van der Waals surface area (Å²) in [5, 5.41) is 11.6. The van der Waals surface area contributed by atoms with Gasteiger partial charge in [-0.2, -0.15) is 5.01 Å². The maximum atomic E-state index is 3.79. The summed E-state index contributed by atoms with van der Waals surface area (Å²) in [5.74, 6) is 0.424. The van der Waals surface area contributed by atoms with E-state index in [0.29, 0.717) is 5.92 Å². The van der Waals surface area contributed by atoms with Gasteiger partial charge in [0.25, 0.3) is 0 Å². The molecule has 4 aliphatic rings. The predicted octanol–water partition coefficient (Wildman–Crippen LogP) is 9.59. The highest BCUT2D eigenvalue weighted by Gasteiger charge is 2.41. The molecule has 238 valence electrons. The van der Waals surface area contributed by atoms with Gasteiger partial charge in [0.1, 0.15) is 6.17 Å². The second-order valence-corrected chi connectivity index (χ2v) is 15.4. The zero-order valence-corrected chi connectivity index (χ0v) is 29.2. The maximum absolute atomic E-state index is 3.79. The smallest absolute Gasteiger partial charge is 0.139 e. The Hall–Kier alpha value is -5.42. The summed E-state index contributed by atoms with van der Waals surface area (Å²) in [6.07, 6.45) is 18.3. The van der Waals surface area contributed by atoms with Crippen LogP contribution in [0.15, 0.2) is 175 Å². The van der Waals surface area contributed by atoms with E-state index in [4.69, 9.17) is 0 Å². The van der Waals surface area contributed by atoms with Gasteiger partial charge in [0.05, 0.1) is 9.52 Å². The molecule has 2 aliphatic carbocycles. The number of hydrogen-bond acceptors (Lipinski definition) is 3. The van der Waals surface area contributed by atoms with Crippen molar-refractivity contribution >= 4 is 31.7 Å². The van der Waals surface area contributed by atoms with Gasteiger partial charge in [0.2, 0.25) is 0 Å². The molecular weight excluding hydrogens is 611 g/mol. The third-order valence-electron chi connectivity index (χ3n) is 10.4. The zero-order chi connectivity index (χ0) is 32.7. The number of allylic oxidation sites excluding steroid dienone is 9. The van der Waals surface area contributed by atoms with Crippen molar-refractivity contribution in [2.75, 3.05) is 12.4 Å². The molecule has 1 fully saturated rings. The van der Waals surface area contributed by atoms with Crippen molar-refractivity contribution in [1.29, 1.82) is 0 Å². The molecule has 9 rings (SSSR count). The second kappa shape index (κ2) is 12.6. The van der Waals surface area contributed by atoms with E-state index >= 15 is 0 Å². The number of hydrogen-bond donors (Lipinski definition) is 1. The van der Waals surface area contributed by atoms with E-state index in [1.54, 1.807) is 10.4 Å². The number of rotatable bonds is 7. The summed E-state index contributed by atoms with van der Waals surface area (Å²) in [6, 6.07) is 44.7. The first-order valence-corrected chi connectivity index (χ1v) is 18.8. The molecule has 1 saturated heterocycles. The van der Waals surface area contributed by atoms with E-state index in [1.807, 2.05) is 0 Å².